The van der Waals surface area contributed by atoms with Crippen LogP contribution < -0.4 is 5.32 Å². The van der Waals surface area contributed by atoms with E-state index in [0.29, 0.717) is 18.7 Å². The third-order valence-electron chi connectivity index (χ3n) is 6.61. The quantitative estimate of drug-likeness (QED) is 0.318. The van der Waals surface area contributed by atoms with E-state index in [1.165, 1.54) is 0 Å². The SMILES string of the molecule is CN(CCc1ccccn1)C[C@H]1C[C@@H](c2ccc(CO)cc2)O[C@@H](c2cccc(NC(=O)CCC(=O)O)c2)O1. The van der Waals surface area contributed by atoms with E-state index in [1.54, 1.807) is 18.3 Å². The van der Waals surface area contributed by atoms with Gasteiger partial charge in [0.2, 0.25) is 5.91 Å². The number of aromatic nitrogens is 1. The highest BCUT2D eigenvalue weighted by Gasteiger charge is 2.33. The first kappa shape index (κ1) is 28.4. The Hall–Kier alpha value is -3.63. The molecule has 1 saturated heterocycles. The van der Waals surface area contributed by atoms with Crippen molar-refractivity contribution in [3.05, 3.63) is 95.3 Å². The molecule has 206 valence electrons. The summed E-state index contributed by atoms with van der Waals surface area (Å²) < 4.78 is 12.8. The molecule has 0 unspecified atom stereocenters. The number of ether oxygens (including phenoxy) is 2. The lowest BCUT2D eigenvalue weighted by atomic mass is 9.99. The van der Waals surface area contributed by atoms with Crippen molar-refractivity contribution < 1.29 is 29.3 Å². The van der Waals surface area contributed by atoms with E-state index in [0.717, 1.165) is 35.3 Å². The molecule has 3 aromatic rings. The summed E-state index contributed by atoms with van der Waals surface area (Å²) in [5.74, 6) is -1.38. The van der Waals surface area contributed by atoms with Crippen LogP contribution in [0.5, 0.6) is 0 Å². The molecule has 1 amide bonds. The van der Waals surface area contributed by atoms with Crippen LogP contribution >= 0.6 is 0 Å². The largest absolute Gasteiger partial charge is 0.481 e. The first-order chi connectivity index (χ1) is 18.9. The predicted octanol–water partition coefficient (Wildman–Crippen LogP) is 4.10. The molecule has 9 nitrogen and oxygen atoms in total. The highest BCUT2D eigenvalue weighted by atomic mass is 16.7. The summed E-state index contributed by atoms with van der Waals surface area (Å²) in [7, 11) is 2.06. The molecule has 4 rings (SSSR count). The van der Waals surface area contributed by atoms with Crippen molar-refractivity contribution in [3.8, 4) is 0 Å². The Balaban J connectivity index is 1.47. The number of aliphatic hydroxyl groups is 1. The zero-order valence-corrected chi connectivity index (χ0v) is 22.0. The number of pyridine rings is 1. The van der Waals surface area contributed by atoms with Crippen molar-refractivity contribution in [1.82, 2.24) is 9.88 Å². The second-order valence-electron chi connectivity index (χ2n) is 9.75. The Morgan fingerprint density at radius 2 is 1.85 bits per heavy atom. The number of carbonyl (C=O) groups excluding carboxylic acids is 1. The van der Waals surface area contributed by atoms with Crippen LogP contribution in [0.25, 0.3) is 0 Å². The minimum atomic E-state index is -1.02. The fraction of sp³-hybridized carbons (Fsp3) is 0.367. The number of rotatable bonds is 12. The molecule has 1 aliphatic heterocycles. The molecule has 0 radical (unpaired) electrons. The summed E-state index contributed by atoms with van der Waals surface area (Å²) in [5, 5.41) is 21.0. The lowest BCUT2D eigenvalue weighted by molar-refractivity contribution is -0.252. The molecular formula is C30H35N3O6. The molecule has 1 aliphatic rings. The van der Waals surface area contributed by atoms with Crippen molar-refractivity contribution in [2.45, 2.75) is 50.8 Å². The Bertz CT molecular complexity index is 1220. The van der Waals surface area contributed by atoms with E-state index in [1.807, 2.05) is 54.6 Å². The molecule has 1 aromatic heterocycles. The zero-order chi connectivity index (χ0) is 27.6. The van der Waals surface area contributed by atoms with Gasteiger partial charge in [0.15, 0.2) is 6.29 Å². The van der Waals surface area contributed by atoms with E-state index in [9.17, 15) is 14.7 Å². The summed E-state index contributed by atoms with van der Waals surface area (Å²) in [5.41, 5.74) is 4.18. The lowest BCUT2D eigenvalue weighted by Gasteiger charge is -2.38. The Morgan fingerprint density at radius 3 is 2.56 bits per heavy atom. The van der Waals surface area contributed by atoms with Gasteiger partial charge in [-0.25, -0.2) is 0 Å². The van der Waals surface area contributed by atoms with Crippen molar-refractivity contribution in [3.63, 3.8) is 0 Å². The average molecular weight is 534 g/mol. The van der Waals surface area contributed by atoms with Gasteiger partial charge in [-0.2, -0.15) is 0 Å². The van der Waals surface area contributed by atoms with Gasteiger partial charge in [-0.3, -0.25) is 14.6 Å². The monoisotopic (exact) mass is 533 g/mol. The van der Waals surface area contributed by atoms with Gasteiger partial charge < -0.3 is 29.9 Å². The van der Waals surface area contributed by atoms with E-state index in [-0.39, 0.29) is 37.6 Å². The van der Waals surface area contributed by atoms with Crippen molar-refractivity contribution >= 4 is 17.6 Å². The van der Waals surface area contributed by atoms with Gasteiger partial charge in [-0.1, -0.05) is 42.5 Å². The Labute approximate surface area is 228 Å². The standard InChI is InChI=1S/C30H35N3O6/c1-33(16-14-24-6-2-3-15-31-24)19-26-18-27(22-10-8-21(20-34)9-11-22)39-30(38-26)23-5-4-7-25(17-23)32-28(35)12-13-29(36)37/h2-11,15,17,26-27,30,34H,12-14,16,18-20H2,1H3,(H,32,35)(H,36,37)/t26-,27+,30+/m1/s1. The summed E-state index contributed by atoms with van der Waals surface area (Å²) in [6, 6.07) is 20.9. The first-order valence-electron chi connectivity index (χ1n) is 13.1. The summed E-state index contributed by atoms with van der Waals surface area (Å²) >= 11 is 0. The minimum absolute atomic E-state index is 0.0216. The number of nitrogens with one attached hydrogen (secondary N) is 1. The molecule has 39 heavy (non-hydrogen) atoms. The van der Waals surface area contributed by atoms with Gasteiger partial charge in [-0.15, -0.1) is 0 Å². The smallest absolute Gasteiger partial charge is 0.303 e. The van der Waals surface area contributed by atoms with E-state index in [2.05, 4.69) is 22.2 Å². The maximum absolute atomic E-state index is 12.2. The lowest BCUT2D eigenvalue weighted by Crippen LogP contribution is -2.38. The Kier molecular flexibility index (Phi) is 10.2. The van der Waals surface area contributed by atoms with Crippen LogP contribution in [0, 0.1) is 0 Å². The molecule has 2 heterocycles. The normalized spacial score (nSPS) is 19.1. The highest BCUT2D eigenvalue weighted by Crippen LogP contribution is 2.38. The number of nitrogens with zero attached hydrogens (tertiary/aromatic N) is 2. The molecule has 3 atom stereocenters. The maximum Gasteiger partial charge on any atom is 0.303 e. The minimum Gasteiger partial charge on any atom is -0.481 e. The van der Waals surface area contributed by atoms with E-state index >= 15 is 0 Å². The fourth-order valence-electron chi connectivity index (χ4n) is 4.53. The number of carboxylic acid groups (broad SMARTS) is 1. The average Bonchev–Trinajstić information content (AvgIpc) is 2.95. The number of aliphatic carboxylic acids is 1. The van der Waals surface area contributed by atoms with E-state index < -0.39 is 12.3 Å². The van der Waals surface area contributed by atoms with Crippen LogP contribution in [0.15, 0.2) is 72.9 Å². The van der Waals surface area contributed by atoms with Gasteiger partial charge in [0.25, 0.3) is 0 Å². The van der Waals surface area contributed by atoms with Crippen molar-refractivity contribution in [2.24, 2.45) is 0 Å². The molecule has 1 fully saturated rings. The van der Waals surface area contributed by atoms with E-state index in [4.69, 9.17) is 14.6 Å². The van der Waals surface area contributed by atoms with Crippen LogP contribution in [0.3, 0.4) is 0 Å². The Morgan fingerprint density at radius 1 is 1.03 bits per heavy atom. The second-order valence-corrected chi connectivity index (χ2v) is 9.75. The molecule has 3 N–H and O–H groups in total. The number of amides is 1. The predicted molar refractivity (Wildman–Crippen MR) is 146 cm³/mol. The third kappa shape index (κ3) is 8.69. The molecule has 0 spiro atoms. The summed E-state index contributed by atoms with van der Waals surface area (Å²) in [6.45, 7) is 1.51. The van der Waals surface area contributed by atoms with Gasteiger partial charge >= 0.3 is 5.97 Å². The molecule has 0 saturated carbocycles. The van der Waals surface area contributed by atoms with Gasteiger partial charge in [0, 0.05) is 55.5 Å². The molecule has 2 aromatic carbocycles. The fourth-order valence-corrected chi connectivity index (χ4v) is 4.53. The number of carbonyl (C=O) groups is 2. The molecule has 0 bridgehead atoms. The number of benzene rings is 2. The van der Waals surface area contributed by atoms with Crippen LogP contribution in [-0.4, -0.2) is 58.2 Å². The zero-order valence-electron chi connectivity index (χ0n) is 22.0. The topological polar surface area (TPSA) is 121 Å². The van der Waals surface area contributed by atoms with Crippen LogP contribution in [-0.2, 0) is 32.1 Å². The molecule has 9 heteroatoms. The molecule has 0 aliphatic carbocycles. The third-order valence-corrected chi connectivity index (χ3v) is 6.61. The number of hydrogen-bond acceptors (Lipinski definition) is 7. The summed E-state index contributed by atoms with van der Waals surface area (Å²) in [4.78, 5) is 29.6. The number of hydrogen-bond donors (Lipinski definition) is 3. The number of carboxylic acids is 1. The second kappa shape index (κ2) is 14.0. The number of aliphatic hydroxyl groups excluding tert-OH is 1. The van der Waals surface area contributed by atoms with Crippen LogP contribution in [0.4, 0.5) is 5.69 Å². The highest BCUT2D eigenvalue weighted by molar-refractivity contribution is 5.92. The number of anilines is 1. The summed E-state index contributed by atoms with van der Waals surface area (Å²) in [6.07, 6.45) is 1.96. The van der Waals surface area contributed by atoms with Crippen molar-refractivity contribution in [2.75, 3.05) is 25.5 Å². The van der Waals surface area contributed by atoms with Gasteiger partial charge in [0.05, 0.1) is 25.2 Å². The van der Waals surface area contributed by atoms with Gasteiger partial charge in [-0.05, 0) is 42.4 Å². The van der Waals surface area contributed by atoms with Gasteiger partial charge in [0.1, 0.15) is 0 Å². The maximum atomic E-state index is 12.2. The van der Waals surface area contributed by atoms with Crippen molar-refractivity contribution in [1.29, 1.82) is 0 Å². The van der Waals surface area contributed by atoms with Crippen LogP contribution in [0.2, 0.25) is 0 Å². The van der Waals surface area contributed by atoms with Crippen LogP contribution in [0.1, 0.15) is 54.0 Å². The molecular weight excluding hydrogens is 498 g/mol. The first-order valence-corrected chi connectivity index (χ1v) is 13.1. The number of likely N-dealkylation sites (N-methyl/N-ethyl adjacent to an activating group) is 1.